The number of hydrogen-bond donors (Lipinski definition) is 1. The third-order valence-electron chi connectivity index (χ3n) is 3.24. The summed E-state index contributed by atoms with van der Waals surface area (Å²) in [5.74, 6) is 1.17. The largest absolute Gasteiger partial charge is 0.329 e. The van der Waals surface area contributed by atoms with Crippen LogP contribution in [0, 0.1) is 20.8 Å². The SMILES string of the molecule is Cc1nc(C)n(C2CCNCC2)c1C. The van der Waals surface area contributed by atoms with Crippen molar-refractivity contribution < 1.29 is 0 Å². The molecule has 1 saturated heterocycles. The molecule has 0 atom stereocenters. The molecule has 2 heterocycles. The lowest BCUT2D eigenvalue weighted by Gasteiger charge is -2.26. The summed E-state index contributed by atoms with van der Waals surface area (Å²) in [5.41, 5.74) is 2.52. The van der Waals surface area contributed by atoms with Crippen molar-refractivity contribution in [1.29, 1.82) is 0 Å². The standard InChI is InChI=1S/C11H19N3/c1-8-9(2)14(10(3)13-8)11-4-6-12-7-5-11/h11-12H,4-7H2,1-3H3. The fourth-order valence-corrected chi connectivity index (χ4v) is 2.40. The van der Waals surface area contributed by atoms with Crippen LogP contribution in [0.3, 0.4) is 0 Å². The molecule has 3 nitrogen and oxygen atoms in total. The van der Waals surface area contributed by atoms with Crippen LogP contribution < -0.4 is 5.32 Å². The van der Waals surface area contributed by atoms with E-state index < -0.39 is 0 Å². The first-order valence-corrected chi connectivity index (χ1v) is 5.43. The fraction of sp³-hybridized carbons (Fsp3) is 0.727. The molecule has 2 rings (SSSR count). The number of aromatic nitrogens is 2. The molecule has 0 spiro atoms. The molecule has 1 aliphatic rings. The van der Waals surface area contributed by atoms with E-state index in [2.05, 4.69) is 35.6 Å². The summed E-state index contributed by atoms with van der Waals surface area (Å²) in [7, 11) is 0. The highest BCUT2D eigenvalue weighted by Crippen LogP contribution is 2.23. The number of nitrogens with zero attached hydrogens (tertiary/aromatic N) is 2. The molecule has 1 N–H and O–H groups in total. The van der Waals surface area contributed by atoms with Gasteiger partial charge in [0.2, 0.25) is 0 Å². The van der Waals surface area contributed by atoms with Gasteiger partial charge in [-0.05, 0) is 46.7 Å². The van der Waals surface area contributed by atoms with Gasteiger partial charge in [0, 0.05) is 11.7 Å². The number of hydrogen-bond acceptors (Lipinski definition) is 2. The molecule has 1 aliphatic heterocycles. The molecule has 0 amide bonds. The van der Waals surface area contributed by atoms with Crippen molar-refractivity contribution in [1.82, 2.24) is 14.9 Å². The maximum Gasteiger partial charge on any atom is 0.106 e. The zero-order chi connectivity index (χ0) is 10.1. The summed E-state index contributed by atoms with van der Waals surface area (Å²) in [6.45, 7) is 8.67. The second kappa shape index (κ2) is 3.73. The Morgan fingerprint density at radius 1 is 1.21 bits per heavy atom. The van der Waals surface area contributed by atoms with Gasteiger partial charge < -0.3 is 9.88 Å². The maximum atomic E-state index is 4.53. The molecular formula is C11H19N3. The molecule has 1 fully saturated rings. The molecule has 0 unspecified atom stereocenters. The highest BCUT2D eigenvalue weighted by Gasteiger charge is 2.19. The first-order chi connectivity index (χ1) is 6.70. The molecule has 78 valence electrons. The molecule has 1 aromatic heterocycles. The van der Waals surface area contributed by atoms with Crippen LogP contribution in [-0.2, 0) is 0 Å². The zero-order valence-electron chi connectivity index (χ0n) is 9.30. The highest BCUT2D eigenvalue weighted by molar-refractivity contribution is 5.15. The van der Waals surface area contributed by atoms with Gasteiger partial charge in [-0.15, -0.1) is 0 Å². The molecule has 0 aromatic carbocycles. The summed E-state index contributed by atoms with van der Waals surface area (Å²) >= 11 is 0. The van der Waals surface area contributed by atoms with Crippen molar-refractivity contribution in [3.05, 3.63) is 17.2 Å². The second-order valence-corrected chi connectivity index (χ2v) is 4.18. The molecule has 0 aliphatic carbocycles. The number of aryl methyl sites for hydroxylation is 2. The lowest BCUT2D eigenvalue weighted by Crippen LogP contribution is -2.30. The Labute approximate surface area is 85.5 Å². The van der Waals surface area contributed by atoms with Gasteiger partial charge in [-0.1, -0.05) is 0 Å². The zero-order valence-corrected chi connectivity index (χ0v) is 9.30. The van der Waals surface area contributed by atoms with Gasteiger partial charge in [0.25, 0.3) is 0 Å². The highest BCUT2D eigenvalue weighted by atomic mass is 15.1. The van der Waals surface area contributed by atoms with E-state index in [9.17, 15) is 0 Å². The normalized spacial score (nSPS) is 18.8. The van der Waals surface area contributed by atoms with Gasteiger partial charge in [-0.3, -0.25) is 0 Å². The van der Waals surface area contributed by atoms with Gasteiger partial charge in [-0.25, -0.2) is 4.98 Å². The summed E-state index contributed by atoms with van der Waals surface area (Å²) in [4.78, 5) is 4.53. The van der Waals surface area contributed by atoms with Crippen LogP contribution in [0.4, 0.5) is 0 Å². The average molecular weight is 193 g/mol. The minimum absolute atomic E-state index is 0.664. The molecule has 3 heteroatoms. The molecule has 14 heavy (non-hydrogen) atoms. The third kappa shape index (κ3) is 1.57. The van der Waals surface area contributed by atoms with E-state index in [1.54, 1.807) is 0 Å². The maximum absolute atomic E-state index is 4.53. The molecular weight excluding hydrogens is 174 g/mol. The Balaban J connectivity index is 2.29. The van der Waals surface area contributed by atoms with Crippen LogP contribution in [0.25, 0.3) is 0 Å². The molecule has 0 radical (unpaired) electrons. The van der Waals surface area contributed by atoms with Gasteiger partial charge in [0.1, 0.15) is 5.82 Å². The number of nitrogens with one attached hydrogen (secondary N) is 1. The van der Waals surface area contributed by atoms with Crippen molar-refractivity contribution in [2.45, 2.75) is 39.7 Å². The van der Waals surface area contributed by atoms with E-state index in [0.29, 0.717) is 6.04 Å². The van der Waals surface area contributed by atoms with E-state index in [1.165, 1.54) is 30.1 Å². The predicted octanol–water partition coefficient (Wildman–Crippen LogP) is 1.73. The van der Waals surface area contributed by atoms with Crippen LogP contribution in [0.1, 0.15) is 36.1 Å². The molecule has 1 aromatic rings. The number of imidazole rings is 1. The monoisotopic (exact) mass is 193 g/mol. The van der Waals surface area contributed by atoms with Crippen LogP contribution in [-0.4, -0.2) is 22.6 Å². The van der Waals surface area contributed by atoms with Crippen molar-refractivity contribution in [2.75, 3.05) is 13.1 Å². The van der Waals surface area contributed by atoms with Gasteiger partial charge in [-0.2, -0.15) is 0 Å². The van der Waals surface area contributed by atoms with Crippen LogP contribution in [0.5, 0.6) is 0 Å². The third-order valence-corrected chi connectivity index (χ3v) is 3.24. The van der Waals surface area contributed by atoms with Crippen molar-refractivity contribution in [3.8, 4) is 0 Å². The average Bonchev–Trinajstić information content (AvgIpc) is 2.43. The summed E-state index contributed by atoms with van der Waals surface area (Å²) in [6, 6.07) is 0.664. The quantitative estimate of drug-likeness (QED) is 0.736. The van der Waals surface area contributed by atoms with E-state index in [1.807, 2.05) is 0 Å². The van der Waals surface area contributed by atoms with E-state index >= 15 is 0 Å². The summed E-state index contributed by atoms with van der Waals surface area (Å²) in [5, 5.41) is 3.40. The first-order valence-electron chi connectivity index (χ1n) is 5.43. The lowest BCUT2D eigenvalue weighted by atomic mass is 10.1. The minimum atomic E-state index is 0.664. The lowest BCUT2D eigenvalue weighted by molar-refractivity contribution is 0.358. The first kappa shape index (κ1) is 9.71. The van der Waals surface area contributed by atoms with Gasteiger partial charge in [0.15, 0.2) is 0 Å². The fourth-order valence-electron chi connectivity index (χ4n) is 2.40. The van der Waals surface area contributed by atoms with Crippen LogP contribution in [0.2, 0.25) is 0 Å². The second-order valence-electron chi connectivity index (χ2n) is 4.18. The van der Waals surface area contributed by atoms with Crippen LogP contribution >= 0.6 is 0 Å². The van der Waals surface area contributed by atoms with E-state index in [4.69, 9.17) is 0 Å². The van der Waals surface area contributed by atoms with Crippen molar-refractivity contribution in [2.24, 2.45) is 0 Å². The Morgan fingerprint density at radius 3 is 2.36 bits per heavy atom. The summed E-state index contributed by atoms with van der Waals surface area (Å²) in [6.07, 6.45) is 2.47. The molecule has 0 saturated carbocycles. The van der Waals surface area contributed by atoms with Gasteiger partial charge >= 0.3 is 0 Å². The van der Waals surface area contributed by atoms with Crippen molar-refractivity contribution >= 4 is 0 Å². The van der Waals surface area contributed by atoms with E-state index in [-0.39, 0.29) is 0 Å². The number of piperidine rings is 1. The molecule has 0 bridgehead atoms. The van der Waals surface area contributed by atoms with Crippen molar-refractivity contribution in [3.63, 3.8) is 0 Å². The minimum Gasteiger partial charge on any atom is -0.329 e. The Bertz CT molecular complexity index is 322. The Hall–Kier alpha value is -0.830. The summed E-state index contributed by atoms with van der Waals surface area (Å²) < 4.78 is 2.41. The topological polar surface area (TPSA) is 29.9 Å². The predicted molar refractivity (Wildman–Crippen MR) is 57.6 cm³/mol. The Morgan fingerprint density at radius 2 is 1.86 bits per heavy atom. The van der Waals surface area contributed by atoms with Gasteiger partial charge in [0.05, 0.1) is 5.69 Å². The van der Waals surface area contributed by atoms with Crippen LogP contribution in [0.15, 0.2) is 0 Å². The smallest absolute Gasteiger partial charge is 0.106 e. The Kier molecular flexibility index (Phi) is 2.59. The van der Waals surface area contributed by atoms with E-state index in [0.717, 1.165) is 13.1 Å². The number of rotatable bonds is 1.